The van der Waals surface area contributed by atoms with Gasteiger partial charge in [0.25, 0.3) is 0 Å². The Morgan fingerprint density at radius 2 is 1.77 bits per heavy atom. The molecule has 0 aliphatic rings. The first-order valence-electron chi connectivity index (χ1n) is 7.55. The molecule has 1 unspecified atom stereocenters. The molecule has 1 aromatic carbocycles. The number of aromatic nitrogens is 1. The number of carbonyl (C=O) groups is 1. The summed E-state index contributed by atoms with van der Waals surface area (Å²) in [4.78, 5) is 15.1. The van der Waals surface area contributed by atoms with Gasteiger partial charge in [0.15, 0.2) is 0 Å². The van der Waals surface area contributed by atoms with Crippen molar-refractivity contribution >= 4 is 5.97 Å². The third kappa shape index (κ3) is 3.94. The lowest BCUT2D eigenvalue weighted by Crippen LogP contribution is -2.10. The summed E-state index contributed by atoms with van der Waals surface area (Å²) in [5.74, 6) is -0.828. The van der Waals surface area contributed by atoms with Crippen LogP contribution in [0, 0.1) is 0 Å². The van der Waals surface area contributed by atoms with Gasteiger partial charge in [0, 0.05) is 18.0 Å². The number of nitrogens with zero attached hydrogens (tertiary/aromatic N) is 1. The highest BCUT2D eigenvalue weighted by Gasteiger charge is 2.14. The van der Waals surface area contributed by atoms with Crippen molar-refractivity contribution in [3.8, 4) is 11.1 Å². The van der Waals surface area contributed by atoms with Gasteiger partial charge in [-0.05, 0) is 34.1 Å². The zero-order valence-electron chi connectivity index (χ0n) is 13.6. The van der Waals surface area contributed by atoms with E-state index in [0.717, 1.165) is 16.7 Å². The molecule has 22 heavy (non-hydrogen) atoms. The molecule has 3 nitrogen and oxygen atoms in total. The molecule has 1 atom stereocenters. The van der Waals surface area contributed by atoms with E-state index in [1.807, 2.05) is 19.2 Å². The first kappa shape index (κ1) is 16.2. The zero-order valence-corrected chi connectivity index (χ0v) is 13.6. The van der Waals surface area contributed by atoms with Gasteiger partial charge in [-0.15, -0.1) is 0 Å². The van der Waals surface area contributed by atoms with E-state index in [0.29, 0.717) is 0 Å². The van der Waals surface area contributed by atoms with E-state index in [4.69, 9.17) is 5.11 Å². The predicted molar refractivity (Wildman–Crippen MR) is 89.0 cm³/mol. The lowest BCUT2D eigenvalue weighted by atomic mass is 9.86. The SMILES string of the molecule is CC(CC(=O)O)c1cncc(-c2ccc(C(C)(C)C)cc2)c1. The predicted octanol–water partition coefficient (Wildman–Crippen LogP) is 4.62. The quantitative estimate of drug-likeness (QED) is 0.895. The van der Waals surface area contributed by atoms with Crippen molar-refractivity contribution < 1.29 is 9.90 Å². The molecule has 2 rings (SSSR count). The van der Waals surface area contributed by atoms with E-state index in [1.165, 1.54) is 5.56 Å². The van der Waals surface area contributed by atoms with Crippen LogP contribution in [-0.2, 0) is 10.2 Å². The second-order valence-electron chi connectivity index (χ2n) is 6.83. The highest BCUT2D eigenvalue weighted by Crippen LogP contribution is 2.28. The molecule has 1 aromatic heterocycles. The Bertz CT molecular complexity index is 654. The van der Waals surface area contributed by atoms with Gasteiger partial charge < -0.3 is 5.11 Å². The van der Waals surface area contributed by atoms with Crippen LogP contribution in [0.2, 0.25) is 0 Å². The van der Waals surface area contributed by atoms with Crippen molar-refractivity contribution in [1.82, 2.24) is 4.98 Å². The molecule has 116 valence electrons. The van der Waals surface area contributed by atoms with Crippen LogP contribution in [0.3, 0.4) is 0 Å². The summed E-state index contributed by atoms with van der Waals surface area (Å²) < 4.78 is 0. The number of rotatable bonds is 4. The number of carboxylic acids is 1. The monoisotopic (exact) mass is 297 g/mol. The van der Waals surface area contributed by atoms with Crippen molar-refractivity contribution in [3.63, 3.8) is 0 Å². The Labute approximate surface area is 132 Å². The normalized spacial score (nSPS) is 12.9. The van der Waals surface area contributed by atoms with E-state index in [-0.39, 0.29) is 17.8 Å². The number of aliphatic carboxylic acids is 1. The largest absolute Gasteiger partial charge is 0.481 e. The molecule has 0 aliphatic heterocycles. The molecular weight excluding hydrogens is 274 g/mol. The van der Waals surface area contributed by atoms with Crippen LogP contribution in [-0.4, -0.2) is 16.1 Å². The molecule has 1 N–H and O–H groups in total. The van der Waals surface area contributed by atoms with Crippen LogP contribution >= 0.6 is 0 Å². The van der Waals surface area contributed by atoms with Crippen LogP contribution in [0.15, 0.2) is 42.7 Å². The van der Waals surface area contributed by atoms with E-state index >= 15 is 0 Å². The van der Waals surface area contributed by atoms with Crippen LogP contribution in [0.1, 0.15) is 51.2 Å². The molecule has 0 amide bonds. The molecule has 3 heteroatoms. The Balaban J connectivity index is 2.28. The fourth-order valence-electron chi connectivity index (χ4n) is 2.43. The van der Waals surface area contributed by atoms with Gasteiger partial charge in [-0.2, -0.15) is 0 Å². The van der Waals surface area contributed by atoms with Crippen LogP contribution in [0.5, 0.6) is 0 Å². The maximum absolute atomic E-state index is 10.8. The minimum Gasteiger partial charge on any atom is -0.481 e. The standard InChI is InChI=1S/C19H23NO2/c1-13(9-18(21)22)15-10-16(12-20-11-15)14-5-7-17(8-6-14)19(2,3)4/h5-8,10-13H,9H2,1-4H3,(H,21,22). The Morgan fingerprint density at radius 1 is 1.14 bits per heavy atom. The van der Waals surface area contributed by atoms with Gasteiger partial charge in [-0.3, -0.25) is 9.78 Å². The summed E-state index contributed by atoms with van der Waals surface area (Å²) in [5.41, 5.74) is 4.51. The van der Waals surface area contributed by atoms with Gasteiger partial charge in [-0.1, -0.05) is 52.0 Å². The van der Waals surface area contributed by atoms with E-state index in [2.05, 4.69) is 50.0 Å². The number of pyridine rings is 1. The fraction of sp³-hybridized carbons (Fsp3) is 0.368. The third-order valence-corrected chi connectivity index (χ3v) is 3.89. The number of hydrogen-bond acceptors (Lipinski definition) is 2. The summed E-state index contributed by atoms with van der Waals surface area (Å²) in [6.45, 7) is 8.49. The first-order chi connectivity index (χ1) is 10.3. The number of hydrogen-bond donors (Lipinski definition) is 1. The maximum Gasteiger partial charge on any atom is 0.303 e. The fourth-order valence-corrected chi connectivity index (χ4v) is 2.43. The molecule has 0 fully saturated rings. The topological polar surface area (TPSA) is 50.2 Å². The van der Waals surface area contributed by atoms with Gasteiger partial charge in [0.2, 0.25) is 0 Å². The van der Waals surface area contributed by atoms with E-state index in [9.17, 15) is 4.79 Å². The van der Waals surface area contributed by atoms with Crippen LogP contribution < -0.4 is 0 Å². The van der Waals surface area contributed by atoms with Crippen LogP contribution in [0.25, 0.3) is 11.1 Å². The van der Waals surface area contributed by atoms with Crippen LogP contribution in [0.4, 0.5) is 0 Å². The molecule has 0 saturated heterocycles. The molecular formula is C19H23NO2. The maximum atomic E-state index is 10.8. The van der Waals surface area contributed by atoms with Crippen molar-refractivity contribution in [1.29, 1.82) is 0 Å². The lowest BCUT2D eigenvalue weighted by molar-refractivity contribution is -0.137. The van der Waals surface area contributed by atoms with Crippen molar-refractivity contribution in [2.24, 2.45) is 0 Å². The minimum atomic E-state index is -0.785. The molecule has 0 radical (unpaired) electrons. The van der Waals surface area contributed by atoms with Gasteiger partial charge in [-0.25, -0.2) is 0 Å². The molecule has 0 saturated carbocycles. The summed E-state index contributed by atoms with van der Waals surface area (Å²) >= 11 is 0. The average molecular weight is 297 g/mol. The third-order valence-electron chi connectivity index (χ3n) is 3.89. The number of carboxylic acid groups (broad SMARTS) is 1. The smallest absolute Gasteiger partial charge is 0.303 e. The zero-order chi connectivity index (χ0) is 16.3. The van der Waals surface area contributed by atoms with Crippen molar-refractivity contribution in [2.75, 3.05) is 0 Å². The van der Waals surface area contributed by atoms with Crippen molar-refractivity contribution in [2.45, 2.75) is 45.4 Å². The highest BCUT2D eigenvalue weighted by atomic mass is 16.4. The Kier molecular flexibility index (Phi) is 4.65. The van der Waals surface area contributed by atoms with Gasteiger partial charge in [0.1, 0.15) is 0 Å². The molecule has 0 aliphatic carbocycles. The second-order valence-corrected chi connectivity index (χ2v) is 6.83. The van der Waals surface area contributed by atoms with Gasteiger partial charge in [0.05, 0.1) is 6.42 Å². The summed E-state index contributed by atoms with van der Waals surface area (Å²) in [5, 5.41) is 8.92. The molecule has 0 spiro atoms. The van der Waals surface area contributed by atoms with E-state index < -0.39 is 5.97 Å². The number of benzene rings is 1. The second kappa shape index (κ2) is 6.30. The van der Waals surface area contributed by atoms with Gasteiger partial charge >= 0.3 is 5.97 Å². The average Bonchev–Trinajstić information content (AvgIpc) is 2.46. The minimum absolute atomic E-state index is 0.0428. The Hall–Kier alpha value is -2.16. The first-order valence-corrected chi connectivity index (χ1v) is 7.55. The Morgan fingerprint density at radius 3 is 2.32 bits per heavy atom. The lowest BCUT2D eigenvalue weighted by Gasteiger charge is -2.19. The highest BCUT2D eigenvalue weighted by molar-refractivity contribution is 5.68. The summed E-state index contributed by atoms with van der Waals surface area (Å²) in [6.07, 6.45) is 3.69. The van der Waals surface area contributed by atoms with Crippen molar-refractivity contribution in [3.05, 3.63) is 53.9 Å². The summed E-state index contributed by atoms with van der Waals surface area (Å²) in [7, 11) is 0. The summed E-state index contributed by atoms with van der Waals surface area (Å²) in [6, 6.07) is 10.5. The molecule has 1 heterocycles. The molecule has 0 bridgehead atoms. The molecule has 2 aromatic rings. The van der Waals surface area contributed by atoms with E-state index in [1.54, 1.807) is 6.20 Å².